The molecule has 0 fully saturated rings. The predicted octanol–water partition coefficient (Wildman–Crippen LogP) is 3.72. The van der Waals surface area contributed by atoms with Crippen molar-refractivity contribution in [2.45, 2.75) is 45.8 Å². The van der Waals surface area contributed by atoms with E-state index >= 15 is 0 Å². The summed E-state index contributed by atoms with van der Waals surface area (Å²) in [4.78, 5) is 25.2. The SMILES string of the molecule is CCC(=O)c1cc(NC(=O)c2cccs2)ccc1OCC(O)CNC(C)(C)C. The molecule has 2 rings (SSSR count). The molecule has 28 heavy (non-hydrogen) atoms. The quantitative estimate of drug-likeness (QED) is 0.555. The first-order valence-electron chi connectivity index (χ1n) is 9.27. The number of hydrogen-bond acceptors (Lipinski definition) is 6. The highest BCUT2D eigenvalue weighted by Gasteiger charge is 2.17. The van der Waals surface area contributed by atoms with Crippen molar-refractivity contribution in [2.24, 2.45) is 0 Å². The van der Waals surface area contributed by atoms with Crippen LogP contribution in [0.25, 0.3) is 0 Å². The van der Waals surface area contributed by atoms with Crippen molar-refractivity contribution in [1.82, 2.24) is 5.32 Å². The maximum absolute atomic E-state index is 12.3. The van der Waals surface area contributed by atoms with Crippen molar-refractivity contribution in [1.29, 1.82) is 0 Å². The van der Waals surface area contributed by atoms with E-state index in [-0.39, 0.29) is 23.8 Å². The summed E-state index contributed by atoms with van der Waals surface area (Å²) in [6.07, 6.45) is -0.394. The second kappa shape index (κ2) is 9.82. The minimum Gasteiger partial charge on any atom is -0.490 e. The highest BCUT2D eigenvalue weighted by atomic mass is 32.1. The number of aliphatic hydroxyl groups is 1. The van der Waals surface area contributed by atoms with E-state index in [2.05, 4.69) is 10.6 Å². The zero-order chi connectivity index (χ0) is 20.7. The molecule has 1 unspecified atom stereocenters. The molecule has 2 aromatic rings. The van der Waals surface area contributed by atoms with Gasteiger partial charge in [0.05, 0.1) is 10.4 Å². The summed E-state index contributed by atoms with van der Waals surface area (Å²) in [6.45, 7) is 8.26. The molecule has 1 aromatic heterocycles. The maximum Gasteiger partial charge on any atom is 0.265 e. The summed E-state index contributed by atoms with van der Waals surface area (Å²) >= 11 is 1.35. The number of nitrogens with one attached hydrogen (secondary N) is 2. The van der Waals surface area contributed by atoms with Gasteiger partial charge in [-0.25, -0.2) is 0 Å². The number of anilines is 1. The number of amides is 1. The lowest BCUT2D eigenvalue weighted by atomic mass is 10.1. The van der Waals surface area contributed by atoms with Gasteiger partial charge < -0.3 is 20.5 Å². The number of carbonyl (C=O) groups is 2. The first kappa shape index (κ1) is 22.1. The van der Waals surface area contributed by atoms with Gasteiger partial charge in [0, 0.05) is 24.2 Å². The summed E-state index contributed by atoms with van der Waals surface area (Å²) in [5, 5.41) is 17.9. The summed E-state index contributed by atoms with van der Waals surface area (Å²) in [5.41, 5.74) is 0.812. The summed E-state index contributed by atoms with van der Waals surface area (Å²) in [7, 11) is 0. The smallest absolute Gasteiger partial charge is 0.265 e. The first-order chi connectivity index (χ1) is 13.2. The van der Waals surface area contributed by atoms with Crippen LogP contribution in [0.3, 0.4) is 0 Å². The average molecular weight is 405 g/mol. The number of ketones is 1. The molecule has 0 saturated heterocycles. The molecule has 0 radical (unpaired) electrons. The molecule has 0 saturated carbocycles. The minimum absolute atomic E-state index is 0.0635. The Bertz CT molecular complexity index is 797. The molecule has 1 atom stereocenters. The van der Waals surface area contributed by atoms with Crippen molar-refractivity contribution in [3.05, 3.63) is 46.2 Å². The van der Waals surface area contributed by atoms with Crippen LogP contribution in [0, 0.1) is 0 Å². The molecule has 1 amide bonds. The van der Waals surface area contributed by atoms with Gasteiger partial charge >= 0.3 is 0 Å². The van der Waals surface area contributed by atoms with Crippen molar-refractivity contribution in [3.8, 4) is 5.75 Å². The van der Waals surface area contributed by atoms with Crippen LogP contribution in [0.4, 0.5) is 5.69 Å². The van der Waals surface area contributed by atoms with Crippen LogP contribution in [-0.4, -0.2) is 41.6 Å². The van der Waals surface area contributed by atoms with Crippen molar-refractivity contribution >= 4 is 28.7 Å². The zero-order valence-corrected chi connectivity index (χ0v) is 17.6. The van der Waals surface area contributed by atoms with Crippen LogP contribution in [0.5, 0.6) is 5.75 Å². The molecule has 1 heterocycles. The highest BCUT2D eigenvalue weighted by molar-refractivity contribution is 7.12. The van der Waals surface area contributed by atoms with E-state index in [4.69, 9.17) is 4.74 Å². The molecule has 0 aliphatic carbocycles. The third kappa shape index (κ3) is 6.74. The van der Waals surface area contributed by atoms with Gasteiger partial charge in [-0.1, -0.05) is 13.0 Å². The Labute approximate surface area is 169 Å². The lowest BCUT2D eigenvalue weighted by Gasteiger charge is -2.23. The van der Waals surface area contributed by atoms with Crippen LogP contribution in [0.15, 0.2) is 35.7 Å². The number of aliphatic hydroxyl groups excluding tert-OH is 1. The van der Waals surface area contributed by atoms with Gasteiger partial charge in [0.2, 0.25) is 0 Å². The van der Waals surface area contributed by atoms with E-state index < -0.39 is 6.10 Å². The molecule has 1 aromatic carbocycles. The Morgan fingerprint density at radius 3 is 2.61 bits per heavy atom. The maximum atomic E-state index is 12.3. The number of Topliss-reactive ketones (excluding diaryl/α,β-unsaturated/α-hetero) is 1. The van der Waals surface area contributed by atoms with Gasteiger partial charge in [-0.15, -0.1) is 11.3 Å². The van der Waals surface area contributed by atoms with E-state index in [1.54, 1.807) is 31.2 Å². The fraction of sp³-hybridized carbons (Fsp3) is 0.429. The Kier molecular flexibility index (Phi) is 7.74. The Hall–Kier alpha value is -2.22. The lowest BCUT2D eigenvalue weighted by molar-refractivity contribution is 0.0936. The average Bonchev–Trinajstić information content (AvgIpc) is 3.19. The third-order valence-corrected chi connectivity index (χ3v) is 4.77. The fourth-order valence-corrected chi connectivity index (χ4v) is 3.03. The molecule has 152 valence electrons. The number of β-amino-alcohol motifs (C(OH)–C–C–N with tert-alkyl or cyclic N) is 1. The van der Waals surface area contributed by atoms with Crippen LogP contribution in [0.1, 0.15) is 54.1 Å². The van der Waals surface area contributed by atoms with E-state index in [0.29, 0.717) is 34.8 Å². The first-order valence-corrected chi connectivity index (χ1v) is 10.2. The van der Waals surface area contributed by atoms with Crippen LogP contribution in [-0.2, 0) is 0 Å². The van der Waals surface area contributed by atoms with Crippen LogP contribution in [0.2, 0.25) is 0 Å². The Balaban J connectivity index is 2.07. The Morgan fingerprint density at radius 1 is 1.25 bits per heavy atom. The minimum atomic E-state index is -0.706. The van der Waals surface area contributed by atoms with E-state index in [1.807, 2.05) is 32.2 Å². The summed E-state index contributed by atoms with van der Waals surface area (Å²) in [5.74, 6) is 0.0857. The lowest BCUT2D eigenvalue weighted by Crippen LogP contribution is -2.42. The topological polar surface area (TPSA) is 87.7 Å². The van der Waals surface area contributed by atoms with Gasteiger partial charge in [-0.2, -0.15) is 0 Å². The van der Waals surface area contributed by atoms with Crippen molar-refractivity contribution < 1.29 is 19.4 Å². The molecule has 0 bridgehead atoms. The largest absolute Gasteiger partial charge is 0.490 e. The standard InChI is InChI=1S/C21H28N2O4S/c1-5-17(25)16-11-14(23-20(26)19-7-6-10-28-19)8-9-18(16)27-13-15(24)12-22-21(2,3)4/h6-11,15,22,24H,5,12-13H2,1-4H3,(H,23,26). The van der Waals surface area contributed by atoms with Crippen molar-refractivity contribution in [3.63, 3.8) is 0 Å². The second-order valence-corrected chi connectivity index (χ2v) is 8.46. The molecule has 0 spiro atoms. The third-order valence-electron chi connectivity index (χ3n) is 3.90. The van der Waals surface area contributed by atoms with Gasteiger partial charge in [0.25, 0.3) is 5.91 Å². The molecule has 0 aliphatic rings. The second-order valence-electron chi connectivity index (χ2n) is 7.51. The normalized spacial score (nSPS) is 12.5. The highest BCUT2D eigenvalue weighted by Crippen LogP contribution is 2.25. The summed E-state index contributed by atoms with van der Waals surface area (Å²) < 4.78 is 5.70. The molecule has 0 aliphatic heterocycles. The number of rotatable bonds is 9. The predicted molar refractivity (Wildman–Crippen MR) is 113 cm³/mol. The van der Waals surface area contributed by atoms with E-state index in [9.17, 15) is 14.7 Å². The number of benzene rings is 1. The van der Waals surface area contributed by atoms with E-state index in [1.165, 1.54) is 11.3 Å². The molecule has 7 heteroatoms. The zero-order valence-electron chi connectivity index (χ0n) is 16.7. The van der Waals surface area contributed by atoms with Crippen LogP contribution < -0.4 is 15.4 Å². The van der Waals surface area contributed by atoms with Gasteiger partial charge in [-0.05, 0) is 50.4 Å². The van der Waals surface area contributed by atoms with Gasteiger partial charge in [0.1, 0.15) is 18.5 Å². The number of ether oxygens (including phenoxy) is 1. The summed E-state index contributed by atoms with van der Waals surface area (Å²) in [6, 6.07) is 8.50. The fourth-order valence-electron chi connectivity index (χ4n) is 2.41. The van der Waals surface area contributed by atoms with Gasteiger partial charge in [-0.3, -0.25) is 9.59 Å². The number of hydrogen-bond donors (Lipinski definition) is 3. The van der Waals surface area contributed by atoms with Crippen molar-refractivity contribution in [2.75, 3.05) is 18.5 Å². The monoisotopic (exact) mass is 404 g/mol. The Morgan fingerprint density at radius 2 is 2.00 bits per heavy atom. The molecular formula is C21H28N2O4S. The molecule has 6 nitrogen and oxygen atoms in total. The molecular weight excluding hydrogens is 376 g/mol. The van der Waals surface area contributed by atoms with Crippen LogP contribution >= 0.6 is 11.3 Å². The number of carbonyl (C=O) groups excluding carboxylic acids is 2. The van der Waals surface area contributed by atoms with E-state index in [0.717, 1.165) is 0 Å². The number of thiophene rings is 1. The molecule has 3 N–H and O–H groups in total. The van der Waals surface area contributed by atoms with Gasteiger partial charge in [0.15, 0.2) is 5.78 Å².